The Morgan fingerprint density at radius 2 is 2.24 bits per heavy atom. The Kier molecular flexibility index (Phi) is 4.71. The van der Waals surface area contributed by atoms with Gasteiger partial charge in [-0.3, -0.25) is 14.5 Å². The molecule has 0 saturated carbocycles. The second-order valence-electron chi connectivity index (χ2n) is 3.80. The number of hydrogen-bond donors (Lipinski definition) is 2. The van der Waals surface area contributed by atoms with Crippen LogP contribution in [0, 0.1) is 0 Å². The van der Waals surface area contributed by atoms with Crippen molar-refractivity contribution in [2.24, 2.45) is 0 Å². The number of carbonyl (C=O) groups excluding carboxylic acids is 1. The van der Waals surface area contributed by atoms with Gasteiger partial charge < -0.3 is 10.1 Å². The first kappa shape index (κ1) is 13.7. The third kappa shape index (κ3) is 3.86. The van der Waals surface area contributed by atoms with Gasteiger partial charge in [0.05, 0.1) is 12.0 Å². The van der Waals surface area contributed by atoms with Crippen molar-refractivity contribution in [2.45, 2.75) is 24.4 Å². The van der Waals surface area contributed by atoms with Crippen LogP contribution in [0.3, 0.4) is 0 Å². The number of aromatic amines is 1. The Hall–Kier alpha value is -1.34. The molecule has 1 heterocycles. The number of carboxylic acid groups (broad SMARTS) is 1. The smallest absolute Gasteiger partial charge is 0.321 e. The molecule has 1 rings (SSSR count). The third-order valence-corrected chi connectivity index (χ3v) is 3.06. The summed E-state index contributed by atoms with van der Waals surface area (Å²) in [7, 11) is 3.40. The van der Waals surface area contributed by atoms with Crippen LogP contribution in [0.1, 0.15) is 12.6 Å². The number of aliphatic carboxylic acids is 1. The standard InChI is InChI=1S/C10H15N3O3S/c1-6(14)17-9-7(11-5-12-9)4-8(10(15)16)13(2)3/h5,8H,4H2,1-3H3,(H,11,12)(H,15,16). The first-order chi connectivity index (χ1) is 7.91. The van der Waals surface area contributed by atoms with E-state index in [1.54, 1.807) is 19.0 Å². The lowest BCUT2D eigenvalue weighted by Crippen LogP contribution is -2.37. The summed E-state index contributed by atoms with van der Waals surface area (Å²) < 4.78 is 0. The Morgan fingerprint density at radius 1 is 1.59 bits per heavy atom. The molecule has 0 aromatic carbocycles. The van der Waals surface area contributed by atoms with Crippen LogP contribution in [0.5, 0.6) is 0 Å². The maximum Gasteiger partial charge on any atom is 0.321 e. The monoisotopic (exact) mass is 257 g/mol. The maximum atomic E-state index is 11.1. The molecule has 0 aliphatic heterocycles. The van der Waals surface area contributed by atoms with Crippen molar-refractivity contribution < 1.29 is 14.7 Å². The fraction of sp³-hybridized carbons (Fsp3) is 0.500. The molecule has 94 valence electrons. The van der Waals surface area contributed by atoms with Gasteiger partial charge in [-0.1, -0.05) is 0 Å². The number of carbonyl (C=O) groups is 2. The predicted octanol–water partition coefficient (Wildman–Crippen LogP) is 0.606. The van der Waals surface area contributed by atoms with Gasteiger partial charge in [-0.25, -0.2) is 4.98 Å². The normalized spacial score (nSPS) is 12.7. The summed E-state index contributed by atoms with van der Waals surface area (Å²) in [4.78, 5) is 30.5. The first-order valence-electron chi connectivity index (χ1n) is 5.01. The van der Waals surface area contributed by atoms with E-state index in [9.17, 15) is 9.59 Å². The zero-order valence-electron chi connectivity index (χ0n) is 9.93. The van der Waals surface area contributed by atoms with E-state index in [1.165, 1.54) is 13.3 Å². The van der Waals surface area contributed by atoms with Crippen LogP contribution in [-0.2, 0) is 16.0 Å². The highest BCUT2D eigenvalue weighted by molar-refractivity contribution is 8.13. The van der Waals surface area contributed by atoms with E-state index in [2.05, 4.69) is 9.97 Å². The summed E-state index contributed by atoms with van der Waals surface area (Å²) in [5, 5.41) is 9.54. The maximum absolute atomic E-state index is 11.1. The third-order valence-electron chi connectivity index (χ3n) is 2.23. The minimum absolute atomic E-state index is 0.0740. The molecular formula is C10H15N3O3S. The number of H-pyrrole nitrogens is 1. The summed E-state index contributed by atoms with van der Waals surface area (Å²) in [6, 6.07) is -0.637. The van der Waals surface area contributed by atoms with Crippen molar-refractivity contribution in [2.75, 3.05) is 14.1 Å². The molecule has 1 atom stereocenters. The molecule has 7 heteroatoms. The topological polar surface area (TPSA) is 86.3 Å². The highest BCUT2D eigenvalue weighted by atomic mass is 32.2. The van der Waals surface area contributed by atoms with Crippen molar-refractivity contribution in [3.63, 3.8) is 0 Å². The molecule has 1 aromatic heterocycles. The minimum Gasteiger partial charge on any atom is -0.480 e. The van der Waals surface area contributed by atoms with Crippen molar-refractivity contribution in [3.8, 4) is 0 Å². The predicted molar refractivity (Wildman–Crippen MR) is 63.9 cm³/mol. The quantitative estimate of drug-likeness (QED) is 0.751. The van der Waals surface area contributed by atoms with E-state index < -0.39 is 12.0 Å². The number of imidazole rings is 1. The largest absolute Gasteiger partial charge is 0.480 e. The number of carboxylic acids is 1. The number of likely N-dealkylation sites (N-methyl/N-ethyl adjacent to an activating group) is 1. The van der Waals surface area contributed by atoms with Crippen LogP contribution < -0.4 is 0 Å². The van der Waals surface area contributed by atoms with Crippen LogP contribution >= 0.6 is 11.8 Å². The summed E-state index contributed by atoms with van der Waals surface area (Å²) in [5.41, 5.74) is 0.673. The molecule has 0 amide bonds. The van der Waals surface area contributed by atoms with Gasteiger partial charge in [0.1, 0.15) is 11.1 Å². The molecule has 0 spiro atoms. The zero-order chi connectivity index (χ0) is 13.0. The molecule has 1 unspecified atom stereocenters. The molecule has 0 aliphatic rings. The fourth-order valence-corrected chi connectivity index (χ4v) is 2.01. The minimum atomic E-state index is -0.900. The average molecular weight is 257 g/mol. The van der Waals surface area contributed by atoms with Crippen LogP contribution in [0.25, 0.3) is 0 Å². The van der Waals surface area contributed by atoms with E-state index in [1.807, 2.05) is 0 Å². The highest BCUT2D eigenvalue weighted by Gasteiger charge is 2.23. The molecule has 2 N–H and O–H groups in total. The second-order valence-corrected chi connectivity index (χ2v) is 4.97. The number of hydrogen-bond acceptors (Lipinski definition) is 5. The Morgan fingerprint density at radius 3 is 2.71 bits per heavy atom. The van der Waals surface area contributed by atoms with Crippen molar-refractivity contribution in [3.05, 3.63) is 12.0 Å². The Labute approximate surface area is 103 Å². The molecule has 0 radical (unpaired) electrons. The van der Waals surface area contributed by atoms with E-state index in [-0.39, 0.29) is 11.5 Å². The van der Waals surface area contributed by atoms with Gasteiger partial charge >= 0.3 is 5.97 Å². The van der Waals surface area contributed by atoms with Crippen LogP contribution in [0.4, 0.5) is 0 Å². The number of aromatic nitrogens is 2. The molecule has 1 aromatic rings. The second kappa shape index (κ2) is 5.83. The van der Waals surface area contributed by atoms with E-state index >= 15 is 0 Å². The van der Waals surface area contributed by atoms with Gasteiger partial charge in [0.15, 0.2) is 5.12 Å². The van der Waals surface area contributed by atoms with Gasteiger partial charge in [-0.05, 0) is 25.9 Å². The SMILES string of the molecule is CC(=O)Sc1nc[nH]c1CC(C(=O)O)N(C)C. The molecule has 0 aliphatic carbocycles. The summed E-state index contributed by atoms with van der Waals surface area (Å²) in [5.74, 6) is -0.900. The number of thioether (sulfide) groups is 1. The van der Waals surface area contributed by atoms with Crippen molar-refractivity contribution >= 4 is 22.8 Å². The van der Waals surface area contributed by atoms with Crippen LogP contribution in [0.2, 0.25) is 0 Å². The molecule has 6 nitrogen and oxygen atoms in total. The zero-order valence-corrected chi connectivity index (χ0v) is 10.7. The Bertz CT molecular complexity index is 417. The van der Waals surface area contributed by atoms with E-state index in [4.69, 9.17) is 5.11 Å². The van der Waals surface area contributed by atoms with Crippen molar-refractivity contribution in [1.82, 2.24) is 14.9 Å². The lowest BCUT2D eigenvalue weighted by Gasteiger charge is -2.19. The molecule has 0 bridgehead atoms. The molecule has 0 fully saturated rings. The molecule has 0 saturated heterocycles. The number of nitrogens with one attached hydrogen (secondary N) is 1. The molecule has 17 heavy (non-hydrogen) atoms. The lowest BCUT2D eigenvalue weighted by molar-refractivity contribution is -0.142. The van der Waals surface area contributed by atoms with Gasteiger partial charge in [0.2, 0.25) is 0 Å². The van der Waals surface area contributed by atoms with Gasteiger partial charge in [-0.15, -0.1) is 0 Å². The van der Waals surface area contributed by atoms with Crippen LogP contribution in [-0.4, -0.2) is 51.2 Å². The number of rotatable bonds is 5. The summed E-state index contributed by atoms with van der Waals surface area (Å²) in [6.45, 7) is 1.45. The average Bonchev–Trinajstić information content (AvgIpc) is 2.59. The van der Waals surface area contributed by atoms with Gasteiger partial charge in [-0.2, -0.15) is 0 Å². The fourth-order valence-electron chi connectivity index (χ4n) is 1.36. The number of nitrogens with zero attached hydrogens (tertiary/aromatic N) is 2. The van der Waals surface area contributed by atoms with Crippen molar-refractivity contribution in [1.29, 1.82) is 0 Å². The molecular weight excluding hydrogens is 242 g/mol. The van der Waals surface area contributed by atoms with E-state index in [0.717, 1.165) is 11.8 Å². The van der Waals surface area contributed by atoms with E-state index in [0.29, 0.717) is 10.7 Å². The van der Waals surface area contributed by atoms with Gasteiger partial charge in [0.25, 0.3) is 0 Å². The van der Waals surface area contributed by atoms with Gasteiger partial charge in [0, 0.05) is 13.3 Å². The highest BCUT2D eigenvalue weighted by Crippen LogP contribution is 2.21. The lowest BCUT2D eigenvalue weighted by atomic mass is 10.1. The summed E-state index contributed by atoms with van der Waals surface area (Å²) in [6.07, 6.45) is 1.76. The Balaban J connectivity index is 2.82. The van der Waals surface area contributed by atoms with Crippen LogP contribution in [0.15, 0.2) is 11.4 Å². The summed E-state index contributed by atoms with van der Waals surface area (Å²) >= 11 is 1.00. The first-order valence-corrected chi connectivity index (χ1v) is 5.83.